The van der Waals surface area contributed by atoms with Gasteiger partial charge in [0.2, 0.25) is 17.7 Å². The van der Waals surface area contributed by atoms with E-state index in [1.165, 1.54) is 23.3 Å². The lowest BCUT2D eigenvalue weighted by atomic mass is 9.56. The fourth-order valence-corrected chi connectivity index (χ4v) is 12.8. The van der Waals surface area contributed by atoms with Crippen molar-refractivity contribution < 1.29 is 24.6 Å². The van der Waals surface area contributed by atoms with Gasteiger partial charge in [-0.1, -0.05) is 62.4 Å². The van der Waals surface area contributed by atoms with Crippen molar-refractivity contribution in [3.8, 4) is 28.8 Å². The maximum Gasteiger partial charge on any atom is 0.246 e. The van der Waals surface area contributed by atoms with Crippen molar-refractivity contribution in [1.29, 1.82) is 0 Å². The zero-order valence-electron chi connectivity index (χ0n) is 43.6. The van der Waals surface area contributed by atoms with Crippen LogP contribution in [0.15, 0.2) is 65.3 Å². The van der Waals surface area contributed by atoms with Crippen LogP contribution in [0.4, 0.5) is 11.5 Å². The van der Waals surface area contributed by atoms with E-state index in [1.807, 2.05) is 71.0 Å². The van der Waals surface area contributed by atoms with Crippen molar-refractivity contribution in [3.05, 3.63) is 77.0 Å². The summed E-state index contributed by atoms with van der Waals surface area (Å²) in [5.74, 6) is 6.11. The van der Waals surface area contributed by atoms with Crippen LogP contribution in [0.25, 0.3) is 11.3 Å². The molecule has 16 heteroatoms. The number of phenolic OH excluding ortho intramolecular Hbond substituents is 1. The number of phenols is 1. The standard InChI is InChI=1S/C57H75N11O5/c1-36-13-14-38(37(2)26-36)10-9-21-58-53(72)48-27-44(69)35-68(48)54(73)50(55(3,4)5)62-52(71)40-15-19-57(20-16-40)29-42(30-57)65-22-17-39(18-23-65)41-31-60-56(6,61-32-41)66-24-25-67-43(34-66)33-59-51-47(67)28-46(63-64-51)45-11-7-8-12-49(45)70/h7-8,11-14,26,28,31-32,39-40,42-44,48,50,60,69-70H,15-25,27,29-30,33-35H2,1-6H3,(H,58,72)(H,59,64)(H,62,71)/t40?,42?,43-,44+,48-,50+,56?,57?/m0/s1. The van der Waals surface area contributed by atoms with E-state index in [0.29, 0.717) is 23.2 Å². The predicted octanol–water partition coefficient (Wildman–Crippen LogP) is 5.33. The van der Waals surface area contributed by atoms with Gasteiger partial charge in [-0.25, -0.2) is 0 Å². The normalized spacial score (nSPS) is 28.8. The van der Waals surface area contributed by atoms with E-state index in [4.69, 9.17) is 4.99 Å². The van der Waals surface area contributed by atoms with Gasteiger partial charge in [-0.05, 0) is 137 Å². The monoisotopic (exact) mass is 994 g/mol. The van der Waals surface area contributed by atoms with Crippen molar-refractivity contribution >= 4 is 35.4 Å². The van der Waals surface area contributed by atoms with Gasteiger partial charge in [-0.15, -0.1) is 10.2 Å². The highest BCUT2D eigenvalue weighted by Gasteiger charge is 2.51. The third-order valence-electron chi connectivity index (χ3n) is 17.3. The minimum Gasteiger partial charge on any atom is -0.507 e. The summed E-state index contributed by atoms with van der Waals surface area (Å²) in [6.07, 6.45) is 11.9. The lowest BCUT2D eigenvalue weighted by Crippen LogP contribution is -2.66. The number of piperidine rings is 1. The van der Waals surface area contributed by atoms with Crippen LogP contribution in [-0.2, 0) is 14.4 Å². The number of nitrogens with one attached hydrogen (secondary N) is 4. The zero-order valence-corrected chi connectivity index (χ0v) is 43.6. The SMILES string of the molecule is Cc1ccc(C#CCNC(=O)[C@@H]2C[C@@H](O)CN2C(=O)[C@@H](NC(=O)C2CCC3(CC2)CC(N2CCC(C4=CNC(C)(N5CCN6c7cc(-c8ccccc8O)nnc7NC[C@H]6C5)N=C4)CC2)C3)C(C)(C)C)c(C)c1. The first-order valence-corrected chi connectivity index (χ1v) is 26.8. The molecule has 388 valence electrons. The molecule has 6 heterocycles. The summed E-state index contributed by atoms with van der Waals surface area (Å²) >= 11 is 0. The topological polar surface area (TPSA) is 191 Å². The van der Waals surface area contributed by atoms with Gasteiger partial charge in [0.25, 0.3) is 0 Å². The summed E-state index contributed by atoms with van der Waals surface area (Å²) in [5, 5.41) is 43.3. The number of aliphatic imine (C=N–C) groups is 1. The lowest BCUT2D eigenvalue weighted by Gasteiger charge is -2.56. The number of aromatic hydroxyl groups is 1. The van der Waals surface area contributed by atoms with E-state index in [2.05, 4.69) is 83.4 Å². The number of aromatic nitrogens is 2. The van der Waals surface area contributed by atoms with Gasteiger partial charge < -0.3 is 46.2 Å². The fourth-order valence-electron chi connectivity index (χ4n) is 12.8. The number of piperazine rings is 1. The Bertz CT molecular complexity index is 2700. The Hall–Kier alpha value is -6.02. The number of carbonyl (C=O) groups excluding carboxylic acids is 3. The van der Waals surface area contributed by atoms with Gasteiger partial charge in [0.15, 0.2) is 11.6 Å². The van der Waals surface area contributed by atoms with Crippen LogP contribution in [0.1, 0.15) is 102 Å². The molecule has 2 aromatic carbocycles. The molecule has 3 saturated heterocycles. The van der Waals surface area contributed by atoms with Crippen molar-refractivity contribution in [2.75, 3.05) is 62.6 Å². The number of anilines is 2. The maximum atomic E-state index is 14.3. The lowest BCUT2D eigenvalue weighted by molar-refractivity contribution is -0.145. The summed E-state index contributed by atoms with van der Waals surface area (Å²) in [6, 6.07) is 14.5. The molecule has 5 aliphatic heterocycles. The minimum absolute atomic E-state index is 0.0404. The van der Waals surface area contributed by atoms with Gasteiger partial charge in [0.05, 0.1) is 30.1 Å². The summed E-state index contributed by atoms with van der Waals surface area (Å²) in [7, 11) is 0. The van der Waals surface area contributed by atoms with Gasteiger partial charge in [-0.2, -0.15) is 0 Å². The molecule has 0 bridgehead atoms. The molecule has 5 atom stereocenters. The van der Waals surface area contributed by atoms with E-state index in [-0.39, 0.29) is 60.4 Å². The zero-order chi connectivity index (χ0) is 51.2. The number of likely N-dealkylation sites (tertiary alicyclic amines) is 2. The van der Waals surface area contributed by atoms with Crippen molar-refractivity contribution in [2.24, 2.45) is 27.7 Å². The highest BCUT2D eigenvalue weighted by Crippen LogP contribution is 2.55. The molecular formula is C57H75N11O5. The van der Waals surface area contributed by atoms with E-state index >= 15 is 0 Å². The number of hydrogen-bond acceptors (Lipinski definition) is 13. The van der Waals surface area contributed by atoms with Gasteiger partial charge >= 0.3 is 0 Å². The van der Waals surface area contributed by atoms with Gasteiger partial charge in [0, 0.05) is 74.6 Å². The first-order chi connectivity index (χ1) is 35.0. The molecule has 0 radical (unpaired) electrons. The Labute approximate surface area is 430 Å². The molecule has 5 fully saturated rings. The summed E-state index contributed by atoms with van der Waals surface area (Å²) in [5.41, 5.74) is 6.43. The number of aryl methyl sites for hydroxylation is 2. The number of fused-ring (bicyclic) bond motifs is 3. The molecule has 73 heavy (non-hydrogen) atoms. The van der Waals surface area contributed by atoms with E-state index in [1.54, 1.807) is 6.07 Å². The Morgan fingerprint density at radius 2 is 1.70 bits per heavy atom. The molecule has 7 aliphatic rings. The first-order valence-electron chi connectivity index (χ1n) is 26.8. The van der Waals surface area contributed by atoms with Crippen LogP contribution < -0.4 is 26.2 Å². The predicted molar refractivity (Wildman–Crippen MR) is 283 cm³/mol. The summed E-state index contributed by atoms with van der Waals surface area (Å²) in [4.78, 5) is 55.9. The van der Waals surface area contributed by atoms with E-state index in [0.717, 1.165) is 106 Å². The third kappa shape index (κ3) is 10.6. The minimum atomic E-state index is -0.843. The molecule has 10 rings (SSSR count). The molecule has 3 aromatic rings. The quantitative estimate of drug-likeness (QED) is 0.152. The number of carbonyl (C=O) groups is 3. The van der Waals surface area contributed by atoms with Crippen molar-refractivity contribution in [3.63, 3.8) is 0 Å². The average molecular weight is 994 g/mol. The van der Waals surface area contributed by atoms with Crippen LogP contribution in [0, 0.1) is 48.4 Å². The number of rotatable bonds is 9. The average Bonchev–Trinajstić information content (AvgIpc) is 3.78. The van der Waals surface area contributed by atoms with Gasteiger partial charge in [0.1, 0.15) is 17.8 Å². The number of allylic oxidation sites excluding steroid dienone is 1. The number of nitrogens with zero attached hydrogens (tertiary/aromatic N) is 7. The number of aliphatic hydroxyl groups is 1. The molecule has 1 aromatic heterocycles. The molecule has 16 nitrogen and oxygen atoms in total. The largest absolute Gasteiger partial charge is 0.507 e. The van der Waals surface area contributed by atoms with Crippen LogP contribution >= 0.6 is 0 Å². The molecular weight excluding hydrogens is 919 g/mol. The maximum absolute atomic E-state index is 14.3. The Balaban J connectivity index is 0.661. The number of para-hydroxylation sites is 1. The highest BCUT2D eigenvalue weighted by molar-refractivity contribution is 5.93. The molecule has 2 aliphatic carbocycles. The number of amides is 3. The second kappa shape index (κ2) is 20.4. The molecule has 1 unspecified atom stereocenters. The van der Waals surface area contributed by atoms with E-state index in [9.17, 15) is 24.6 Å². The van der Waals surface area contributed by atoms with E-state index < -0.39 is 29.4 Å². The number of benzene rings is 2. The molecule has 3 amide bonds. The fraction of sp³-hybridized carbons (Fsp3) is 0.579. The Morgan fingerprint density at radius 1 is 0.932 bits per heavy atom. The van der Waals surface area contributed by atoms with Crippen LogP contribution in [0.2, 0.25) is 0 Å². The number of hydrogen-bond donors (Lipinski definition) is 6. The molecule has 1 spiro atoms. The third-order valence-corrected chi connectivity index (χ3v) is 17.3. The first kappa shape index (κ1) is 50.5. The summed E-state index contributed by atoms with van der Waals surface area (Å²) < 4.78 is 0. The molecule has 6 N–H and O–H groups in total. The number of aliphatic hydroxyl groups excluding tert-OH is 1. The highest BCUT2D eigenvalue weighted by atomic mass is 16.3. The van der Waals surface area contributed by atoms with Crippen LogP contribution in [-0.4, -0.2) is 147 Å². The summed E-state index contributed by atoms with van der Waals surface area (Å²) in [6.45, 7) is 17.6. The number of β-amino-alcohol motifs (C(OH)–C–C–N with tert-alkyl or cyclic N) is 1. The second-order valence-electron chi connectivity index (χ2n) is 23.4. The van der Waals surface area contributed by atoms with Crippen molar-refractivity contribution in [1.82, 2.24) is 40.8 Å². The van der Waals surface area contributed by atoms with Gasteiger partial charge in [-0.3, -0.25) is 24.3 Å². The van der Waals surface area contributed by atoms with Crippen LogP contribution in [0.5, 0.6) is 5.75 Å². The Morgan fingerprint density at radius 3 is 2.41 bits per heavy atom. The Kier molecular flexibility index (Phi) is 14.1. The van der Waals surface area contributed by atoms with Crippen molar-refractivity contribution in [2.45, 2.75) is 135 Å². The smallest absolute Gasteiger partial charge is 0.246 e. The molecule has 2 saturated carbocycles. The second-order valence-corrected chi connectivity index (χ2v) is 23.4. The van der Waals surface area contributed by atoms with Crippen LogP contribution in [0.3, 0.4) is 0 Å².